The number of carbonyl (C=O) groups is 1. The topological polar surface area (TPSA) is 61.7 Å². The highest BCUT2D eigenvalue weighted by Gasteiger charge is 2.16. The Kier molecular flexibility index (Phi) is 5.36. The van der Waals surface area contributed by atoms with Gasteiger partial charge in [-0.2, -0.15) is 5.10 Å². The molecule has 0 aliphatic carbocycles. The molecule has 0 bridgehead atoms. The third kappa shape index (κ3) is 4.36. The average Bonchev–Trinajstić information content (AvgIpc) is 2.36. The van der Waals surface area contributed by atoms with Gasteiger partial charge in [0.15, 0.2) is 6.10 Å². The molecular formula is C13H18N2O2. The van der Waals surface area contributed by atoms with Gasteiger partial charge in [-0.15, -0.1) is 0 Å². The van der Waals surface area contributed by atoms with Crippen molar-refractivity contribution in [3.63, 3.8) is 0 Å². The molecule has 17 heavy (non-hydrogen) atoms. The first-order valence-electron chi connectivity index (χ1n) is 5.71. The number of nitrogens with zero attached hydrogens (tertiary/aromatic N) is 1. The number of carbonyl (C=O) groups excluding carboxylic acids is 1. The highest BCUT2D eigenvalue weighted by atomic mass is 16.3. The molecule has 4 heteroatoms. The molecule has 92 valence electrons. The molecule has 1 unspecified atom stereocenters. The average molecular weight is 234 g/mol. The SMILES string of the molecule is CCCC(C)=NNC(=O)C(O)c1ccccc1. The zero-order valence-corrected chi connectivity index (χ0v) is 10.2. The molecule has 0 aliphatic heterocycles. The van der Waals surface area contributed by atoms with E-state index >= 15 is 0 Å². The lowest BCUT2D eigenvalue weighted by Crippen LogP contribution is -2.25. The summed E-state index contributed by atoms with van der Waals surface area (Å²) in [6.45, 7) is 3.89. The molecule has 0 heterocycles. The normalized spacial score (nSPS) is 13.2. The fourth-order valence-electron chi connectivity index (χ4n) is 1.42. The van der Waals surface area contributed by atoms with Crippen molar-refractivity contribution >= 4 is 11.6 Å². The Balaban J connectivity index is 2.57. The van der Waals surface area contributed by atoms with Gasteiger partial charge in [0.1, 0.15) is 0 Å². The molecule has 1 amide bonds. The van der Waals surface area contributed by atoms with E-state index in [1.165, 1.54) is 0 Å². The van der Waals surface area contributed by atoms with Crippen molar-refractivity contribution in [1.82, 2.24) is 5.43 Å². The molecule has 0 aromatic heterocycles. The molecule has 4 nitrogen and oxygen atoms in total. The van der Waals surface area contributed by atoms with Crippen molar-refractivity contribution in [3.05, 3.63) is 35.9 Å². The molecule has 0 spiro atoms. The van der Waals surface area contributed by atoms with E-state index in [4.69, 9.17) is 0 Å². The number of hydrazone groups is 1. The summed E-state index contributed by atoms with van der Waals surface area (Å²) < 4.78 is 0. The lowest BCUT2D eigenvalue weighted by molar-refractivity contribution is -0.129. The molecule has 0 saturated heterocycles. The molecule has 1 aromatic rings. The Labute approximate surface area is 101 Å². The lowest BCUT2D eigenvalue weighted by Gasteiger charge is -2.09. The molecule has 0 radical (unpaired) electrons. The summed E-state index contributed by atoms with van der Waals surface area (Å²) >= 11 is 0. The van der Waals surface area contributed by atoms with Crippen LogP contribution >= 0.6 is 0 Å². The highest BCUT2D eigenvalue weighted by Crippen LogP contribution is 2.11. The number of rotatable bonds is 5. The predicted octanol–water partition coefficient (Wildman–Crippen LogP) is 2.01. The first kappa shape index (κ1) is 13.4. The van der Waals surface area contributed by atoms with E-state index in [0.29, 0.717) is 5.56 Å². The molecule has 0 saturated carbocycles. The van der Waals surface area contributed by atoms with Gasteiger partial charge in [0, 0.05) is 5.71 Å². The molecular weight excluding hydrogens is 216 g/mol. The number of benzene rings is 1. The monoisotopic (exact) mass is 234 g/mol. The summed E-state index contributed by atoms with van der Waals surface area (Å²) in [7, 11) is 0. The third-order valence-corrected chi connectivity index (χ3v) is 2.33. The highest BCUT2D eigenvalue weighted by molar-refractivity contribution is 5.86. The zero-order valence-electron chi connectivity index (χ0n) is 10.2. The van der Waals surface area contributed by atoms with Crippen LogP contribution in [0.15, 0.2) is 35.4 Å². The van der Waals surface area contributed by atoms with Gasteiger partial charge in [0.05, 0.1) is 0 Å². The van der Waals surface area contributed by atoms with E-state index in [2.05, 4.69) is 10.5 Å². The molecule has 0 fully saturated rings. The van der Waals surface area contributed by atoms with Crippen LogP contribution in [0.3, 0.4) is 0 Å². The van der Waals surface area contributed by atoms with E-state index in [9.17, 15) is 9.90 Å². The van der Waals surface area contributed by atoms with Gasteiger partial charge in [-0.25, -0.2) is 5.43 Å². The second kappa shape index (κ2) is 6.81. The van der Waals surface area contributed by atoms with E-state index in [-0.39, 0.29) is 0 Å². The largest absolute Gasteiger partial charge is 0.378 e. The van der Waals surface area contributed by atoms with E-state index in [1.807, 2.05) is 19.9 Å². The van der Waals surface area contributed by atoms with Crippen molar-refractivity contribution < 1.29 is 9.90 Å². The predicted molar refractivity (Wildman–Crippen MR) is 67.6 cm³/mol. The van der Waals surface area contributed by atoms with E-state index < -0.39 is 12.0 Å². The summed E-state index contributed by atoms with van der Waals surface area (Å²) in [6, 6.07) is 8.78. The molecule has 0 aliphatic rings. The summed E-state index contributed by atoms with van der Waals surface area (Å²) in [6.07, 6.45) is 0.642. The standard InChI is InChI=1S/C13H18N2O2/c1-3-7-10(2)14-15-13(17)12(16)11-8-5-4-6-9-11/h4-6,8-9,12,16H,3,7H2,1-2H3,(H,15,17). The fourth-order valence-corrected chi connectivity index (χ4v) is 1.42. The Morgan fingerprint density at radius 3 is 2.65 bits per heavy atom. The number of aliphatic hydroxyl groups excluding tert-OH is 1. The van der Waals surface area contributed by atoms with Crippen molar-refractivity contribution in [2.24, 2.45) is 5.10 Å². The number of aliphatic hydroxyl groups is 1. The summed E-state index contributed by atoms with van der Waals surface area (Å²) in [5.74, 6) is -0.508. The first-order valence-corrected chi connectivity index (χ1v) is 5.71. The number of hydrogen-bond donors (Lipinski definition) is 2. The molecule has 1 atom stereocenters. The van der Waals surface area contributed by atoms with E-state index in [0.717, 1.165) is 18.6 Å². The van der Waals surface area contributed by atoms with Crippen molar-refractivity contribution in [3.8, 4) is 0 Å². The maximum atomic E-state index is 11.6. The van der Waals surface area contributed by atoms with Crippen LogP contribution in [0.4, 0.5) is 0 Å². The Morgan fingerprint density at radius 1 is 1.41 bits per heavy atom. The smallest absolute Gasteiger partial charge is 0.273 e. The van der Waals surface area contributed by atoms with Gasteiger partial charge in [-0.05, 0) is 18.9 Å². The maximum absolute atomic E-state index is 11.6. The molecule has 1 rings (SSSR count). The Bertz CT molecular complexity index is 388. The summed E-state index contributed by atoms with van der Waals surface area (Å²) in [4.78, 5) is 11.6. The minimum Gasteiger partial charge on any atom is -0.378 e. The van der Waals surface area contributed by atoms with Gasteiger partial charge in [0.25, 0.3) is 5.91 Å². The number of hydrogen-bond acceptors (Lipinski definition) is 3. The van der Waals surface area contributed by atoms with Crippen LogP contribution < -0.4 is 5.43 Å². The minimum absolute atomic E-state index is 0.508. The van der Waals surface area contributed by atoms with Crippen molar-refractivity contribution in [1.29, 1.82) is 0 Å². The van der Waals surface area contributed by atoms with Crippen LogP contribution in [0.1, 0.15) is 38.4 Å². The first-order chi connectivity index (χ1) is 8.15. The summed E-state index contributed by atoms with van der Waals surface area (Å²) in [5.41, 5.74) is 3.78. The molecule has 1 aromatic carbocycles. The lowest BCUT2D eigenvalue weighted by atomic mass is 10.1. The molecule has 2 N–H and O–H groups in total. The van der Waals surface area contributed by atoms with Crippen LogP contribution in [-0.2, 0) is 4.79 Å². The van der Waals surface area contributed by atoms with Gasteiger partial charge >= 0.3 is 0 Å². The second-order valence-corrected chi connectivity index (χ2v) is 3.89. The quantitative estimate of drug-likeness (QED) is 0.604. The summed E-state index contributed by atoms with van der Waals surface area (Å²) in [5, 5.41) is 13.7. The van der Waals surface area contributed by atoms with Crippen LogP contribution in [-0.4, -0.2) is 16.7 Å². The van der Waals surface area contributed by atoms with Gasteiger partial charge in [0.2, 0.25) is 0 Å². The number of nitrogens with one attached hydrogen (secondary N) is 1. The fraction of sp³-hybridized carbons (Fsp3) is 0.385. The Morgan fingerprint density at radius 2 is 2.06 bits per heavy atom. The van der Waals surface area contributed by atoms with Crippen LogP contribution in [0, 0.1) is 0 Å². The van der Waals surface area contributed by atoms with Gasteiger partial charge in [-0.3, -0.25) is 4.79 Å². The van der Waals surface area contributed by atoms with Crippen LogP contribution in [0.2, 0.25) is 0 Å². The number of amides is 1. The third-order valence-electron chi connectivity index (χ3n) is 2.33. The van der Waals surface area contributed by atoms with Gasteiger partial charge in [-0.1, -0.05) is 43.7 Å². The van der Waals surface area contributed by atoms with E-state index in [1.54, 1.807) is 24.3 Å². The van der Waals surface area contributed by atoms with Crippen molar-refractivity contribution in [2.45, 2.75) is 32.8 Å². The van der Waals surface area contributed by atoms with Crippen LogP contribution in [0.25, 0.3) is 0 Å². The van der Waals surface area contributed by atoms with Crippen molar-refractivity contribution in [2.75, 3.05) is 0 Å². The Hall–Kier alpha value is -1.68. The van der Waals surface area contributed by atoms with Crippen LogP contribution in [0.5, 0.6) is 0 Å². The second-order valence-electron chi connectivity index (χ2n) is 3.89. The maximum Gasteiger partial charge on any atom is 0.273 e. The minimum atomic E-state index is -1.17. The van der Waals surface area contributed by atoms with Gasteiger partial charge < -0.3 is 5.11 Å². The zero-order chi connectivity index (χ0) is 12.7.